The number of phenols is 1. The third-order valence-corrected chi connectivity index (χ3v) is 2.79. The van der Waals surface area contributed by atoms with E-state index in [9.17, 15) is 5.11 Å². The van der Waals surface area contributed by atoms with E-state index in [-0.39, 0.29) is 11.2 Å². The number of aromatic hydroxyl groups is 1. The molecule has 0 spiro atoms. The normalized spacial score (nSPS) is 11.5. The highest BCUT2D eigenvalue weighted by molar-refractivity contribution is 5.60. The summed E-state index contributed by atoms with van der Waals surface area (Å²) in [4.78, 5) is 4.46. The Labute approximate surface area is 102 Å². The fourth-order valence-electron chi connectivity index (χ4n) is 1.64. The Morgan fingerprint density at radius 3 is 2.06 bits per heavy atom. The molecule has 1 aromatic heterocycles. The molecule has 0 unspecified atom stereocenters. The van der Waals surface area contributed by atoms with E-state index < -0.39 is 0 Å². The molecule has 17 heavy (non-hydrogen) atoms. The van der Waals surface area contributed by atoms with E-state index in [2.05, 4.69) is 31.8 Å². The summed E-state index contributed by atoms with van der Waals surface area (Å²) in [6.45, 7) is 6.51. The van der Waals surface area contributed by atoms with E-state index in [0.29, 0.717) is 0 Å². The molecule has 0 saturated heterocycles. The number of benzene rings is 1. The topological polar surface area (TPSA) is 33.1 Å². The summed E-state index contributed by atoms with van der Waals surface area (Å²) < 4.78 is 0. The minimum absolute atomic E-state index is 0.125. The Balaban J connectivity index is 2.33. The van der Waals surface area contributed by atoms with Crippen molar-refractivity contribution in [3.05, 3.63) is 48.2 Å². The van der Waals surface area contributed by atoms with Crippen molar-refractivity contribution in [2.45, 2.75) is 26.2 Å². The minimum atomic E-state index is 0.125. The van der Waals surface area contributed by atoms with E-state index in [1.54, 1.807) is 12.1 Å². The Hall–Kier alpha value is -1.83. The van der Waals surface area contributed by atoms with Crippen molar-refractivity contribution in [3.63, 3.8) is 0 Å². The molecule has 1 heterocycles. The predicted molar refractivity (Wildman–Crippen MR) is 70.0 cm³/mol. The molecule has 2 nitrogen and oxygen atoms in total. The average Bonchev–Trinajstić information content (AvgIpc) is 2.29. The summed E-state index contributed by atoms with van der Waals surface area (Å²) in [6, 6.07) is 11.2. The molecule has 0 atom stereocenters. The molecule has 0 saturated carbocycles. The van der Waals surface area contributed by atoms with Gasteiger partial charge in [0.25, 0.3) is 0 Å². The highest BCUT2D eigenvalue weighted by Crippen LogP contribution is 2.24. The van der Waals surface area contributed by atoms with Crippen LogP contribution in [0.15, 0.2) is 42.6 Å². The van der Waals surface area contributed by atoms with E-state index >= 15 is 0 Å². The summed E-state index contributed by atoms with van der Waals surface area (Å²) in [6.07, 6.45) is 1.92. The molecule has 0 fully saturated rings. The van der Waals surface area contributed by atoms with Gasteiger partial charge in [0, 0.05) is 11.8 Å². The Bertz CT molecular complexity index is 492. The number of phenolic OH excluding ortho intramolecular Hbond substituents is 1. The minimum Gasteiger partial charge on any atom is -0.508 e. The van der Waals surface area contributed by atoms with Crippen LogP contribution in [0.3, 0.4) is 0 Å². The van der Waals surface area contributed by atoms with Crippen LogP contribution in [0.25, 0.3) is 11.3 Å². The Kier molecular flexibility index (Phi) is 2.88. The maximum atomic E-state index is 9.23. The molecule has 0 bridgehead atoms. The van der Waals surface area contributed by atoms with Gasteiger partial charge < -0.3 is 5.11 Å². The number of hydrogen-bond donors (Lipinski definition) is 1. The zero-order chi connectivity index (χ0) is 12.5. The van der Waals surface area contributed by atoms with Gasteiger partial charge in [-0.1, -0.05) is 26.8 Å². The van der Waals surface area contributed by atoms with Gasteiger partial charge in [-0.3, -0.25) is 4.98 Å². The van der Waals surface area contributed by atoms with Gasteiger partial charge in [-0.15, -0.1) is 0 Å². The molecule has 2 aromatic rings. The van der Waals surface area contributed by atoms with Gasteiger partial charge in [-0.2, -0.15) is 0 Å². The number of rotatable bonds is 1. The summed E-state index contributed by atoms with van der Waals surface area (Å²) in [7, 11) is 0. The van der Waals surface area contributed by atoms with Gasteiger partial charge in [-0.25, -0.2) is 0 Å². The Morgan fingerprint density at radius 1 is 0.941 bits per heavy atom. The molecule has 0 aliphatic rings. The highest BCUT2D eigenvalue weighted by Gasteiger charge is 2.13. The third-order valence-electron chi connectivity index (χ3n) is 2.79. The first-order valence-electron chi connectivity index (χ1n) is 5.73. The van der Waals surface area contributed by atoms with Crippen LogP contribution in [0.2, 0.25) is 0 Å². The van der Waals surface area contributed by atoms with Crippen molar-refractivity contribution in [2.24, 2.45) is 0 Å². The maximum absolute atomic E-state index is 9.23. The largest absolute Gasteiger partial charge is 0.508 e. The van der Waals surface area contributed by atoms with Crippen LogP contribution in [-0.4, -0.2) is 10.1 Å². The van der Waals surface area contributed by atoms with E-state index in [0.717, 1.165) is 11.3 Å². The first kappa shape index (κ1) is 11.6. The van der Waals surface area contributed by atoms with E-state index in [1.165, 1.54) is 5.56 Å². The third kappa shape index (κ3) is 2.64. The van der Waals surface area contributed by atoms with Crippen molar-refractivity contribution in [2.75, 3.05) is 0 Å². The first-order valence-corrected chi connectivity index (χ1v) is 5.73. The quantitative estimate of drug-likeness (QED) is 0.804. The van der Waals surface area contributed by atoms with Gasteiger partial charge in [-0.05, 0) is 41.3 Å². The molecule has 1 N–H and O–H groups in total. The number of hydrogen-bond acceptors (Lipinski definition) is 2. The lowest BCUT2D eigenvalue weighted by atomic mass is 9.88. The molecule has 1 aromatic carbocycles. The van der Waals surface area contributed by atoms with Crippen LogP contribution in [0.5, 0.6) is 5.75 Å². The van der Waals surface area contributed by atoms with Crippen LogP contribution >= 0.6 is 0 Å². The smallest absolute Gasteiger partial charge is 0.115 e. The van der Waals surface area contributed by atoms with Crippen molar-refractivity contribution in [1.82, 2.24) is 4.98 Å². The lowest BCUT2D eigenvalue weighted by Gasteiger charge is -2.18. The number of aromatic nitrogens is 1. The molecule has 2 rings (SSSR count). The molecular formula is C15H17NO. The van der Waals surface area contributed by atoms with Crippen molar-refractivity contribution >= 4 is 0 Å². The monoisotopic (exact) mass is 227 g/mol. The van der Waals surface area contributed by atoms with Crippen LogP contribution in [0.4, 0.5) is 0 Å². The van der Waals surface area contributed by atoms with Crippen LogP contribution < -0.4 is 0 Å². The lowest BCUT2D eigenvalue weighted by Crippen LogP contribution is -2.11. The highest BCUT2D eigenvalue weighted by atomic mass is 16.3. The first-order chi connectivity index (χ1) is 7.97. The average molecular weight is 227 g/mol. The van der Waals surface area contributed by atoms with Gasteiger partial charge in [0.15, 0.2) is 0 Å². The van der Waals surface area contributed by atoms with Crippen molar-refractivity contribution in [1.29, 1.82) is 0 Å². The zero-order valence-electron chi connectivity index (χ0n) is 10.4. The number of nitrogens with zero attached hydrogens (tertiary/aromatic N) is 1. The second-order valence-electron chi connectivity index (χ2n) is 5.23. The predicted octanol–water partition coefficient (Wildman–Crippen LogP) is 3.75. The van der Waals surface area contributed by atoms with Gasteiger partial charge in [0.1, 0.15) is 5.75 Å². The zero-order valence-corrected chi connectivity index (χ0v) is 10.4. The summed E-state index contributed by atoms with van der Waals surface area (Å²) in [5.74, 6) is 0.278. The summed E-state index contributed by atoms with van der Waals surface area (Å²) >= 11 is 0. The van der Waals surface area contributed by atoms with Gasteiger partial charge in [0.05, 0.1) is 5.69 Å². The molecule has 2 heteroatoms. The van der Waals surface area contributed by atoms with E-state index in [4.69, 9.17) is 0 Å². The molecule has 0 aliphatic carbocycles. The fourth-order valence-corrected chi connectivity index (χ4v) is 1.64. The Morgan fingerprint density at radius 2 is 1.59 bits per heavy atom. The second kappa shape index (κ2) is 4.21. The lowest BCUT2D eigenvalue weighted by molar-refractivity contribution is 0.475. The van der Waals surface area contributed by atoms with Crippen LogP contribution in [0, 0.1) is 0 Å². The van der Waals surface area contributed by atoms with E-state index in [1.807, 2.05) is 24.4 Å². The molecule has 0 radical (unpaired) electrons. The summed E-state index contributed by atoms with van der Waals surface area (Å²) in [5.41, 5.74) is 3.29. The summed E-state index contributed by atoms with van der Waals surface area (Å²) in [5, 5.41) is 9.23. The fraction of sp³-hybridized carbons (Fsp3) is 0.267. The molecule has 0 aliphatic heterocycles. The molecule has 88 valence electrons. The van der Waals surface area contributed by atoms with Crippen molar-refractivity contribution < 1.29 is 5.11 Å². The SMILES string of the molecule is CC(C)(C)c1ccc(-c2ccc(O)cc2)nc1. The van der Waals surface area contributed by atoms with Crippen LogP contribution in [-0.2, 0) is 5.41 Å². The van der Waals surface area contributed by atoms with Crippen molar-refractivity contribution in [3.8, 4) is 17.0 Å². The van der Waals surface area contributed by atoms with Gasteiger partial charge >= 0.3 is 0 Å². The molecular weight excluding hydrogens is 210 g/mol. The van der Waals surface area contributed by atoms with Crippen LogP contribution in [0.1, 0.15) is 26.3 Å². The van der Waals surface area contributed by atoms with Gasteiger partial charge in [0.2, 0.25) is 0 Å². The second-order valence-corrected chi connectivity index (χ2v) is 5.23. The standard InChI is InChI=1S/C15H17NO/c1-15(2,3)12-6-9-14(16-10-12)11-4-7-13(17)8-5-11/h4-10,17H,1-3H3. The number of pyridine rings is 1. The maximum Gasteiger partial charge on any atom is 0.115 e. The molecule has 0 amide bonds.